The molecule has 17 heavy (non-hydrogen) atoms. The Balaban J connectivity index is 1.81. The van der Waals surface area contributed by atoms with Crippen LogP contribution in [0.25, 0.3) is 0 Å². The Morgan fingerprint density at radius 3 is 2.94 bits per heavy atom. The molecule has 5 heteroatoms. The van der Waals surface area contributed by atoms with Gasteiger partial charge in [-0.1, -0.05) is 0 Å². The Hall–Kier alpha value is -1.20. The molecular weight excluding hydrogens is 232 g/mol. The van der Waals surface area contributed by atoms with Crippen molar-refractivity contribution in [1.82, 2.24) is 20.1 Å². The highest BCUT2D eigenvalue weighted by molar-refractivity contribution is 7.10. The van der Waals surface area contributed by atoms with Gasteiger partial charge in [0.15, 0.2) is 5.82 Å². The summed E-state index contributed by atoms with van der Waals surface area (Å²) in [6, 6.07) is 2.57. The maximum atomic E-state index is 4.26. The molecule has 0 spiro atoms. The summed E-state index contributed by atoms with van der Waals surface area (Å²) in [5.74, 6) is 0.898. The summed E-state index contributed by atoms with van der Waals surface area (Å²) in [6.45, 7) is 5.26. The first-order chi connectivity index (χ1) is 8.16. The largest absolute Gasteiger partial charge is 0.309 e. The second kappa shape index (κ2) is 5.42. The van der Waals surface area contributed by atoms with Gasteiger partial charge in [0, 0.05) is 30.9 Å². The summed E-state index contributed by atoms with van der Waals surface area (Å²) in [5, 5.41) is 9.90. The fourth-order valence-electron chi connectivity index (χ4n) is 1.82. The van der Waals surface area contributed by atoms with Crippen molar-refractivity contribution in [2.24, 2.45) is 7.05 Å². The van der Waals surface area contributed by atoms with E-state index in [1.165, 1.54) is 10.4 Å². The summed E-state index contributed by atoms with van der Waals surface area (Å²) in [5.41, 5.74) is 1.37. The molecule has 1 atom stereocenters. The number of aromatic nitrogens is 3. The van der Waals surface area contributed by atoms with Crippen LogP contribution in [-0.2, 0) is 13.5 Å². The minimum absolute atomic E-state index is 0.402. The van der Waals surface area contributed by atoms with Crippen LogP contribution in [0.15, 0.2) is 17.8 Å². The van der Waals surface area contributed by atoms with Crippen molar-refractivity contribution in [3.05, 3.63) is 34.0 Å². The van der Waals surface area contributed by atoms with Crippen molar-refractivity contribution in [1.29, 1.82) is 0 Å². The van der Waals surface area contributed by atoms with E-state index in [2.05, 4.69) is 40.7 Å². The Morgan fingerprint density at radius 2 is 2.35 bits per heavy atom. The molecule has 0 saturated heterocycles. The maximum absolute atomic E-state index is 4.26. The van der Waals surface area contributed by atoms with Gasteiger partial charge in [-0.2, -0.15) is 5.10 Å². The summed E-state index contributed by atoms with van der Waals surface area (Å²) in [4.78, 5) is 5.62. The Morgan fingerprint density at radius 1 is 1.53 bits per heavy atom. The molecule has 0 aliphatic rings. The van der Waals surface area contributed by atoms with Gasteiger partial charge in [0.2, 0.25) is 0 Å². The molecule has 0 aliphatic carbocycles. The second-order valence-electron chi connectivity index (χ2n) is 4.23. The number of rotatable bonds is 5. The highest BCUT2D eigenvalue weighted by Crippen LogP contribution is 2.23. The normalized spacial score (nSPS) is 12.9. The van der Waals surface area contributed by atoms with Crippen molar-refractivity contribution in [2.75, 3.05) is 6.54 Å². The summed E-state index contributed by atoms with van der Waals surface area (Å²) in [6.07, 6.45) is 2.61. The van der Waals surface area contributed by atoms with E-state index in [-0.39, 0.29) is 0 Å². The van der Waals surface area contributed by atoms with Gasteiger partial charge in [-0.15, -0.1) is 11.3 Å². The lowest BCUT2D eigenvalue weighted by atomic mass is 10.2. The first-order valence-electron chi connectivity index (χ1n) is 5.78. The molecule has 2 rings (SSSR count). The molecule has 0 fully saturated rings. The zero-order valence-corrected chi connectivity index (χ0v) is 11.3. The lowest BCUT2D eigenvalue weighted by Crippen LogP contribution is -2.21. The van der Waals surface area contributed by atoms with Gasteiger partial charge < -0.3 is 5.32 Å². The molecule has 0 aliphatic heterocycles. The van der Waals surface area contributed by atoms with Gasteiger partial charge in [-0.3, -0.25) is 4.68 Å². The van der Waals surface area contributed by atoms with E-state index in [1.54, 1.807) is 11.0 Å². The maximum Gasteiger partial charge on any atom is 0.151 e. The average molecular weight is 250 g/mol. The zero-order valence-electron chi connectivity index (χ0n) is 10.5. The van der Waals surface area contributed by atoms with Crippen LogP contribution in [0, 0.1) is 6.92 Å². The van der Waals surface area contributed by atoms with E-state index in [9.17, 15) is 0 Å². The summed E-state index contributed by atoms with van der Waals surface area (Å²) >= 11 is 1.81. The molecule has 0 saturated carbocycles. The number of nitrogens with zero attached hydrogens (tertiary/aromatic N) is 3. The van der Waals surface area contributed by atoms with Crippen LogP contribution in [0.5, 0.6) is 0 Å². The molecule has 1 unspecified atom stereocenters. The smallest absolute Gasteiger partial charge is 0.151 e. The third-order valence-corrected chi connectivity index (χ3v) is 3.94. The molecule has 2 heterocycles. The molecule has 0 aromatic carbocycles. The first kappa shape index (κ1) is 12.3. The van der Waals surface area contributed by atoms with E-state index < -0.39 is 0 Å². The van der Waals surface area contributed by atoms with Crippen LogP contribution >= 0.6 is 11.3 Å². The van der Waals surface area contributed by atoms with Gasteiger partial charge in [-0.05, 0) is 30.9 Å². The minimum Gasteiger partial charge on any atom is -0.309 e. The van der Waals surface area contributed by atoms with E-state index in [0.717, 1.165) is 18.8 Å². The molecule has 0 radical (unpaired) electrons. The third kappa shape index (κ3) is 3.14. The lowest BCUT2D eigenvalue weighted by molar-refractivity contribution is 0.574. The predicted molar refractivity (Wildman–Crippen MR) is 70.2 cm³/mol. The Labute approximate surface area is 106 Å². The van der Waals surface area contributed by atoms with Crippen LogP contribution in [0.2, 0.25) is 0 Å². The quantitative estimate of drug-likeness (QED) is 0.883. The van der Waals surface area contributed by atoms with Crippen molar-refractivity contribution < 1.29 is 0 Å². The molecule has 0 amide bonds. The number of hydrogen-bond donors (Lipinski definition) is 1. The molecule has 0 bridgehead atoms. The Bertz CT molecular complexity index is 474. The van der Waals surface area contributed by atoms with Gasteiger partial charge in [0.05, 0.1) is 0 Å². The van der Waals surface area contributed by atoms with Crippen LogP contribution in [0.1, 0.15) is 29.2 Å². The molecule has 92 valence electrons. The summed E-state index contributed by atoms with van der Waals surface area (Å²) in [7, 11) is 1.89. The summed E-state index contributed by atoms with van der Waals surface area (Å²) < 4.78 is 1.74. The van der Waals surface area contributed by atoms with Crippen LogP contribution in [-0.4, -0.2) is 21.3 Å². The second-order valence-corrected chi connectivity index (χ2v) is 5.18. The monoisotopic (exact) mass is 250 g/mol. The van der Waals surface area contributed by atoms with Crippen LogP contribution in [0.4, 0.5) is 0 Å². The topological polar surface area (TPSA) is 42.7 Å². The minimum atomic E-state index is 0.402. The number of nitrogens with one attached hydrogen (secondary N) is 1. The van der Waals surface area contributed by atoms with Crippen molar-refractivity contribution >= 4 is 11.3 Å². The average Bonchev–Trinajstić information content (AvgIpc) is 2.87. The molecule has 2 aromatic rings. The molecule has 1 N–H and O–H groups in total. The van der Waals surface area contributed by atoms with Gasteiger partial charge in [0.25, 0.3) is 0 Å². The number of thiophene rings is 1. The zero-order chi connectivity index (χ0) is 12.3. The van der Waals surface area contributed by atoms with Crippen molar-refractivity contribution in [2.45, 2.75) is 26.3 Å². The predicted octanol–water partition coefficient (Wildman–Crippen LogP) is 2.08. The first-order valence-corrected chi connectivity index (χ1v) is 6.66. The van der Waals surface area contributed by atoms with Crippen molar-refractivity contribution in [3.8, 4) is 0 Å². The van der Waals surface area contributed by atoms with E-state index >= 15 is 0 Å². The van der Waals surface area contributed by atoms with Gasteiger partial charge in [0.1, 0.15) is 6.33 Å². The number of hydrogen-bond acceptors (Lipinski definition) is 4. The van der Waals surface area contributed by atoms with Crippen LogP contribution in [0.3, 0.4) is 0 Å². The van der Waals surface area contributed by atoms with E-state index in [4.69, 9.17) is 0 Å². The third-order valence-electron chi connectivity index (χ3n) is 2.74. The lowest BCUT2D eigenvalue weighted by Gasteiger charge is -2.12. The molecular formula is C12H18N4S. The molecule has 4 nitrogen and oxygen atoms in total. The highest BCUT2D eigenvalue weighted by atomic mass is 32.1. The van der Waals surface area contributed by atoms with E-state index in [0.29, 0.717) is 6.04 Å². The fraction of sp³-hybridized carbons (Fsp3) is 0.500. The van der Waals surface area contributed by atoms with Crippen molar-refractivity contribution in [3.63, 3.8) is 0 Å². The number of aryl methyl sites for hydroxylation is 2. The molecule has 2 aromatic heterocycles. The van der Waals surface area contributed by atoms with Gasteiger partial charge in [-0.25, -0.2) is 4.98 Å². The van der Waals surface area contributed by atoms with Gasteiger partial charge >= 0.3 is 0 Å². The standard InChI is InChI=1S/C12H18N4S/c1-9-5-7-17-12(9)10(2)13-6-4-11-14-8-16(3)15-11/h5,7-8,10,13H,4,6H2,1-3H3. The SMILES string of the molecule is Cc1ccsc1C(C)NCCc1ncn(C)n1. The highest BCUT2D eigenvalue weighted by Gasteiger charge is 2.09. The van der Waals surface area contributed by atoms with Crippen LogP contribution < -0.4 is 5.32 Å². The fourth-order valence-corrected chi connectivity index (χ4v) is 2.78. The Kier molecular flexibility index (Phi) is 3.91. The van der Waals surface area contributed by atoms with E-state index in [1.807, 2.05) is 18.4 Å².